The molecular weight excluding hydrogens is 240 g/mol. The van der Waals surface area contributed by atoms with E-state index in [-0.39, 0.29) is 5.56 Å². The van der Waals surface area contributed by atoms with E-state index in [4.69, 9.17) is 11.6 Å². The average Bonchev–Trinajstić information content (AvgIpc) is 2.18. The lowest BCUT2D eigenvalue weighted by molar-refractivity contribution is 0.0574. The smallest absolute Gasteiger partial charge is 0.339 e. The third kappa shape index (κ3) is 3.53. The van der Waals surface area contributed by atoms with Crippen LogP contribution in [-0.4, -0.2) is 20.3 Å². The summed E-state index contributed by atoms with van der Waals surface area (Å²) in [4.78, 5) is 11.3. The highest BCUT2D eigenvalue weighted by Gasteiger charge is 2.08. The molecule has 0 aliphatic rings. The van der Waals surface area contributed by atoms with E-state index in [1.165, 1.54) is 6.07 Å². The molecule has 0 spiro atoms. The molecule has 0 fully saturated rings. The van der Waals surface area contributed by atoms with Crippen LogP contribution in [-0.2, 0) is 15.4 Å². The molecule has 0 amide bonds. The lowest BCUT2D eigenvalue weighted by atomic mass is 10.1. The van der Waals surface area contributed by atoms with Gasteiger partial charge in [0.2, 0.25) is 0 Å². The molecule has 0 saturated heterocycles. The number of hydrogen-bond donors (Lipinski definition) is 1. The third-order valence-corrected chi connectivity index (χ3v) is 2.46. The van der Waals surface area contributed by atoms with E-state index in [0.717, 1.165) is 5.56 Å². The molecule has 0 radical (unpaired) electrons. The summed E-state index contributed by atoms with van der Waals surface area (Å²) in [5.41, 5.74) is 1.02. The molecule has 0 saturated carbocycles. The Hall–Kier alpha value is -1.07. The zero-order chi connectivity index (χ0) is 11.4. The van der Waals surface area contributed by atoms with E-state index in [9.17, 15) is 13.2 Å². The molecule has 0 aliphatic heterocycles. The number of esters is 1. The van der Waals surface area contributed by atoms with Crippen LogP contribution in [0.3, 0.4) is 0 Å². The van der Waals surface area contributed by atoms with Crippen molar-refractivity contribution in [3.63, 3.8) is 0 Å². The van der Waals surface area contributed by atoms with Gasteiger partial charge < -0.3 is 4.74 Å². The minimum atomic E-state index is -2.71. The summed E-state index contributed by atoms with van der Waals surface area (Å²) in [6.45, 7) is 1.74. The first-order valence-corrected chi connectivity index (χ1v) is 5.80. The first-order chi connectivity index (χ1) is 7.00. The Kier molecular flexibility index (Phi) is 4.11. The Bertz CT molecular complexity index is 445. The van der Waals surface area contributed by atoms with Crippen LogP contribution in [0.25, 0.3) is 0 Å². The van der Waals surface area contributed by atoms with Crippen molar-refractivity contribution >= 4 is 28.3 Å². The first-order valence-electron chi connectivity index (χ1n) is 4.06. The fraction of sp³-hybridized carbons (Fsp3) is 0.222. The van der Waals surface area contributed by atoms with Gasteiger partial charge in [-0.25, -0.2) is 13.2 Å². The van der Waals surface area contributed by atoms with Crippen LogP contribution in [0.4, 0.5) is 0 Å². The molecule has 1 aromatic carbocycles. The normalized spacial score (nSPS) is 10.3. The van der Waals surface area contributed by atoms with E-state index in [1.807, 2.05) is 0 Å². The quantitative estimate of drug-likeness (QED) is 0.648. The van der Waals surface area contributed by atoms with Crippen molar-refractivity contribution in [1.29, 1.82) is 0 Å². The molecule has 82 valence electrons. The maximum Gasteiger partial charge on any atom is 0.339 e. The Morgan fingerprint density at radius 1 is 1.47 bits per heavy atom. The summed E-state index contributed by atoms with van der Waals surface area (Å²) in [7, 11) is -2.71. The second-order valence-corrected chi connectivity index (χ2v) is 4.19. The number of aryl methyl sites for hydroxylation is 1. The van der Waals surface area contributed by atoms with Gasteiger partial charge in [-0.1, -0.05) is 11.6 Å². The number of benzene rings is 1. The minimum Gasteiger partial charge on any atom is -0.446 e. The fourth-order valence-corrected chi connectivity index (χ4v) is 1.31. The van der Waals surface area contributed by atoms with Gasteiger partial charge in [0.1, 0.15) is 0 Å². The molecule has 1 aromatic rings. The predicted molar refractivity (Wildman–Crippen MR) is 56.8 cm³/mol. The summed E-state index contributed by atoms with van der Waals surface area (Å²) < 4.78 is 24.9. The van der Waals surface area contributed by atoms with Gasteiger partial charge in [-0.15, -0.1) is 0 Å². The monoisotopic (exact) mass is 248 g/mol. The van der Waals surface area contributed by atoms with Gasteiger partial charge >= 0.3 is 5.97 Å². The van der Waals surface area contributed by atoms with Crippen molar-refractivity contribution in [1.82, 2.24) is 0 Å². The topological polar surface area (TPSA) is 60.4 Å². The van der Waals surface area contributed by atoms with Gasteiger partial charge in [0.15, 0.2) is 16.6 Å². The average molecular weight is 249 g/mol. The first kappa shape index (κ1) is 12.0. The number of carbonyl (C=O) groups is 1. The molecule has 0 heterocycles. The van der Waals surface area contributed by atoms with Crippen molar-refractivity contribution in [2.45, 2.75) is 6.92 Å². The van der Waals surface area contributed by atoms with E-state index in [2.05, 4.69) is 4.74 Å². The second-order valence-electron chi connectivity index (χ2n) is 2.86. The standard InChI is InChI=1S/C9H9ClO4S/c1-6-4-7(2-3-8(6)10)9(11)14-5-15(12)13/h2-4,15H,5H2,1H3. The summed E-state index contributed by atoms with van der Waals surface area (Å²) in [5.74, 6) is -1.27. The Morgan fingerprint density at radius 3 is 2.67 bits per heavy atom. The van der Waals surface area contributed by atoms with Crippen LogP contribution in [0.5, 0.6) is 0 Å². The maximum absolute atomic E-state index is 11.3. The van der Waals surface area contributed by atoms with Crippen LogP contribution in [0.15, 0.2) is 18.2 Å². The lowest BCUT2D eigenvalue weighted by Crippen LogP contribution is -2.07. The highest BCUT2D eigenvalue weighted by atomic mass is 35.5. The largest absolute Gasteiger partial charge is 0.446 e. The van der Waals surface area contributed by atoms with E-state index < -0.39 is 22.6 Å². The van der Waals surface area contributed by atoms with Crippen LogP contribution in [0.1, 0.15) is 15.9 Å². The molecule has 1 rings (SSSR count). The van der Waals surface area contributed by atoms with Crippen molar-refractivity contribution in [3.05, 3.63) is 34.3 Å². The number of halogens is 1. The molecule has 0 aliphatic carbocycles. The zero-order valence-electron chi connectivity index (χ0n) is 7.90. The molecule has 4 nitrogen and oxygen atoms in total. The zero-order valence-corrected chi connectivity index (χ0v) is 9.55. The van der Waals surface area contributed by atoms with Gasteiger partial charge in [0.25, 0.3) is 0 Å². The Labute approximate surface area is 93.8 Å². The molecule has 6 heteroatoms. The number of thiol groups is 1. The van der Waals surface area contributed by atoms with Crippen LogP contribution < -0.4 is 0 Å². The summed E-state index contributed by atoms with van der Waals surface area (Å²) >= 11 is 5.76. The van der Waals surface area contributed by atoms with Crippen LogP contribution >= 0.6 is 11.6 Å². The number of rotatable bonds is 3. The molecule has 0 unspecified atom stereocenters. The summed E-state index contributed by atoms with van der Waals surface area (Å²) in [6.07, 6.45) is 0. The lowest BCUT2D eigenvalue weighted by Gasteiger charge is -2.02. The Morgan fingerprint density at radius 2 is 2.13 bits per heavy atom. The van der Waals surface area contributed by atoms with Gasteiger partial charge in [-0.3, -0.25) is 0 Å². The van der Waals surface area contributed by atoms with Crippen LogP contribution in [0.2, 0.25) is 5.02 Å². The minimum absolute atomic E-state index is 0.286. The third-order valence-electron chi connectivity index (χ3n) is 1.69. The Balaban J connectivity index is 2.78. The fourth-order valence-electron chi connectivity index (χ4n) is 0.966. The molecule has 0 aromatic heterocycles. The maximum atomic E-state index is 11.3. The predicted octanol–water partition coefficient (Wildman–Crippen LogP) is 1.37. The van der Waals surface area contributed by atoms with Gasteiger partial charge in [-0.2, -0.15) is 0 Å². The molecule has 0 atom stereocenters. The number of hydrogen-bond acceptors (Lipinski definition) is 4. The molecule has 0 bridgehead atoms. The molecule has 15 heavy (non-hydrogen) atoms. The van der Waals surface area contributed by atoms with Gasteiger partial charge in [-0.05, 0) is 30.7 Å². The second kappa shape index (κ2) is 5.14. The number of carbonyl (C=O) groups excluding carboxylic acids is 1. The summed E-state index contributed by atoms with van der Waals surface area (Å²) in [6, 6.07) is 4.59. The SMILES string of the molecule is Cc1cc(C(=O)OC[SH](=O)=O)ccc1Cl. The highest BCUT2D eigenvalue weighted by molar-refractivity contribution is 7.72. The van der Waals surface area contributed by atoms with Crippen molar-refractivity contribution in [2.24, 2.45) is 0 Å². The van der Waals surface area contributed by atoms with E-state index in [1.54, 1.807) is 19.1 Å². The van der Waals surface area contributed by atoms with Crippen molar-refractivity contribution < 1.29 is 17.9 Å². The van der Waals surface area contributed by atoms with Gasteiger partial charge in [0.05, 0.1) is 5.56 Å². The van der Waals surface area contributed by atoms with Crippen LogP contribution in [0, 0.1) is 6.92 Å². The van der Waals surface area contributed by atoms with Crippen molar-refractivity contribution in [2.75, 3.05) is 5.94 Å². The van der Waals surface area contributed by atoms with Gasteiger partial charge in [0, 0.05) is 5.02 Å². The molecule has 0 N–H and O–H groups in total. The molecular formula is C9H9ClO4S. The number of ether oxygens (including phenoxy) is 1. The van der Waals surface area contributed by atoms with E-state index in [0.29, 0.717) is 5.02 Å². The van der Waals surface area contributed by atoms with E-state index >= 15 is 0 Å². The van der Waals surface area contributed by atoms with Crippen molar-refractivity contribution in [3.8, 4) is 0 Å². The summed E-state index contributed by atoms with van der Waals surface area (Å²) in [5, 5.41) is 0.543. The highest BCUT2D eigenvalue weighted by Crippen LogP contribution is 2.16.